The molecule has 0 radical (unpaired) electrons. The quantitative estimate of drug-likeness (QED) is 0.768. The molecule has 1 N–H and O–H groups in total. The maximum atomic E-state index is 12.8. The van der Waals surface area contributed by atoms with Crippen LogP contribution < -0.4 is 9.62 Å². The van der Waals surface area contributed by atoms with Gasteiger partial charge >= 0.3 is 0 Å². The van der Waals surface area contributed by atoms with E-state index in [-0.39, 0.29) is 18.5 Å². The van der Waals surface area contributed by atoms with Gasteiger partial charge in [0.05, 0.1) is 18.0 Å². The van der Waals surface area contributed by atoms with E-state index in [0.717, 1.165) is 39.6 Å². The first-order valence-corrected chi connectivity index (χ1v) is 11.6. The van der Waals surface area contributed by atoms with Crippen molar-refractivity contribution in [2.75, 3.05) is 17.1 Å². The van der Waals surface area contributed by atoms with E-state index in [1.54, 1.807) is 0 Å². The summed E-state index contributed by atoms with van der Waals surface area (Å²) >= 11 is 0. The van der Waals surface area contributed by atoms with Crippen LogP contribution in [-0.4, -0.2) is 27.1 Å². The maximum absolute atomic E-state index is 12.8. The lowest BCUT2D eigenvalue weighted by Crippen LogP contribution is -2.41. The van der Waals surface area contributed by atoms with Crippen LogP contribution in [0, 0.1) is 41.5 Å². The first-order chi connectivity index (χ1) is 13.3. The number of carbonyl (C=O) groups is 1. The molecule has 0 fully saturated rings. The Balaban J connectivity index is 2.30. The molecule has 0 bridgehead atoms. The first-order valence-electron chi connectivity index (χ1n) is 9.74. The molecule has 0 aliphatic heterocycles. The number of hydrogen-bond donors (Lipinski definition) is 1. The Morgan fingerprint density at radius 2 is 1.41 bits per heavy atom. The highest BCUT2D eigenvalue weighted by Gasteiger charge is 2.25. The molecular formula is C23H32N2O3S. The van der Waals surface area contributed by atoms with Gasteiger partial charge in [0.1, 0.15) is 6.54 Å². The number of nitrogens with zero attached hydrogens (tertiary/aromatic N) is 1. The van der Waals surface area contributed by atoms with Crippen LogP contribution in [0.25, 0.3) is 0 Å². The van der Waals surface area contributed by atoms with Crippen molar-refractivity contribution < 1.29 is 13.2 Å². The highest BCUT2D eigenvalue weighted by atomic mass is 32.2. The summed E-state index contributed by atoms with van der Waals surface area (Å²) in [5, 5.41) is 2.96. The number of amides is 1. The monoisotopic (exact) mass is 416 g/mol. The smallest absolute Gasteiger partial charge is 0.241 e. The van der Waals surface area contributed by atoms with E-state index < -0.39 is 10.0 Å². The molecule has 0 unspecified atom stereocenters. The Morgan fingerprint density at radius 3 is 1.93 bits per heavy atom. The second-order valence-electron chi connectivity index (χ2n) is 8.10. The van der Waals surface area contributed by atoms with Crippen LogP contribution in [0.4, 0.5) is 5.69 Å². The lowest BCUT2D eigenvalue weighted by Gasteiger charge is -2.27. The Kier molecular flexibility index (Phi) is 6.78. The highest BCUT2D eigenvalue weighted by molar-refractivity contribution is 7.92. The molecular weight excluding hydrogens is 384 g/mol. The van der Waals surface area contributed by atoms with E-state index >= 15 is 0 Å². The summed E-state index contributed by atoms with van der Waals surface area (Å²) in [5.41, 5.74) is 7.80. The van der Waals surface area contributed by atoms with E-state index in [1.807, 2.05) is 53.7 Å². The third-order valence-electron chi connectivity index (χ3n) is 5.30. The van der Waals surface area contributed by atoms with Crippen LogP contribution in [0.15, 0.2) is 24.3 Å². The first kappa shape index (κ1) is 22.9. The Labute approximate surface area is 175 Å². The van der Waals surface area contributed by atoms with Crippen LogP contribution in [-0.2, 0) is 14.8 Å². The molecule has 0 aliphatic rings. The number of carbonyl (C=O) groups excluding carboxylic acids is 1. The minimum atomic E-state index is -3.62. The van der Waals surface area contributed by atoms with Crippen molar-refractivity contribution in [1.82, 2.24) is 5.32 Å². The Bertz CT molecular complexity index is 1020. The van der Waals surface area contributed by atoms with Gasteiger partial charge in [0.15, 0.2) is 0 Å². The highest BCUT2D eigenvalue weighted by Crippen LogP contribution is 2.28. The number of rotatable bonds is 6. The fraction of sp³-hybridized carbons (Fsp3) is 0.435. The van der Waals surface area contributed by atoms with Crippen molar-refractivity contribution in [1.29, 1.82) is 0 Å². The van der Waals surface area contributed by atoms with Gasteiger partial charge in [0, 0.05) is 0 Å². The third kappa shape index (κ3) is 5.38. The molecule has 5 nitrogen and oxygen atoms in total. The molecule has 0 saturated heterocycles. The van der Waals surface area contributed by atoms with Crippen molar-refractivity contribution in [3.8, 4) is 0 Å². The van der Waals surface area contributed by atoms with Gasteiger partial charge in [-0.1, -0.05) is 29.8 Å². The molecule has 158 valence electrons. The fourth-order valence-corrected chi connectivity index (χ4v) is 4.84. The van der Waals surface area contributed by atoms with Gasteiger partial charge in [-0.3, -0.25) is 9.10 Å². The van der Waals surface area contributed by atoms with Gasteiger partial charge in [-0.15, -0.1) is 0 Å². The van der Waals surface area contributed by atoms with E-state index in [2.05, 4.69) is 24.4 Å². The minimum absolute atomic E-state index is 0.219. The van der Waals surface area contributed by atoms with Crippen LogP contribution in [0.1, 0.15) is 51.9 Å². The van der Waals surface area contributed by atoms with Crippen molar-refractivity contribution in [2.24, 2.45) is 0 Å². The summed E-state index contributed by atoms with van der Waals surface area (Å²) in [6, 6.07) is 7.83. The molecule has 0 saturated carbocycles. The van der Waals surface area contributed by atoms with Crippen LogP contribution >= 0.6 is 0 Å². The standard InChI is InChI=1S/C23H32N2O3S/c1-14-9-18(5)23(19(6)10-14)25(29(8,27)28)13-22(26)24-20(7)21-12-16(3)15(2)11-17(21)4/h9-12,20H,13H2,1-8H3,(H,24,26)/t20-/m1/s1. The molecule has 0 heterocycles. The van der Waals surface area contributed by atoms with Crippen molar-refractivity contribution in [3.05, 3.63) is 63.2 Å². The fourth-order valence-electron chi connectivity index (χ4n) is 3.87. The molecule has 2 aromatic carbocycles. The molecule has 29 heavy (non-hydrogen) atoms. The van der Waals surface area contributed by atoms with E-state index in [0.29, 0.717) is 5.69 Å². The second-order valence-corrected chi connectivity index (χ2v) is 10.0. The molecule has 1 amide bonds. The number of nitrogens with one attached hydrogen (secondary N) is 1. The lowest BCUT2D eigenvalue weighted by atomic mass is 9.96. The topological polar surface area (TPSA) is 66.5 Å². The summed E-state index contributed by atoms with van der Waals surface area (Å²) in [6.07, 6.45) is 1.13. The molecule has 1 atom stereocenters. The lowest BCUT2D eigenvalue weighted by molar-refractivity contribution is -0.120. The SMILES string of the molecule is Cc1cc(C)c(N(CC(=O)N[C@H](C)c2cc(C)c(C)cc2C)S(C)(=O)=O)c(C)c1. The summed E-state index contributed by atoms with van der Waals surface area (Å²) in [4.78, 5) is 12.8. The Hall–Kier alpha value is -2.34. The van der Waals surface area contributed by atoms with Gasteiger partial charge in [0.25, 0.3) is 0 Å². The molecule has 0 spiro atoms. The zero-order chi connectivity index (χ0) is 22.1. The zero-order valence-electron chi connectivity index (χ0n) is 18.7. The predicted molar refractivity (Wildman–Crippen MR) is 120 cm³/mol. The van der Waals surface area contributed by atoms with Gasteiger partial charge in [0.2, 0.25) is 15.9 Å². The summed E-state index contributed by atoms with van der Waals surface area (Å²) in [5.74, 6) is -0.333. The second kappa shape index (κ2) is 8.57. The van der Waals surface area contributed by atoms with E-state index in [1.165, 1.54) is 9.87 Å². The number of aryl methyl sites for hydroxylation is 6. The van der Waals surface area contributed by atoms with Crippen LogP contribution in [0.2, 0.25) is 0 Å². The third-order valence-corrected chi connectivity index (χ3v) is 6.41. The average Bonchev–Trinajstić information content (AvgIpc) is 2.55. The van der Waals surface area contributed by atoms with E-state index in [9.17, 15) is 13.2 Å². The molecule has 0 aliphatic carbocycles. The van der Waals surface area contributed by atoms with E-state index in [4.69, 9.17) is 0 Å². The van der Waals surface area contributed by atoms with Crippen molar-refractivity contribution in [2.45, 2.75) is 54.5 Å². The van der Waals surface area contributed by atoms with Crippen molar-refractivity contribution >= 4 is 21.6 Å². The van der Waals surface area contributed by atoms with Crippen molar-refractivity contribution in [3.63, 3.8) is 0 Å². The minimum Gasteiger partial charge on any atom is -0.348 e. The Morgan fingerprint density at radius 1 is 0.897 bits per heavy atom. The number of hydrogen-bond acceptors (Lipinski definition) is 3. The summed E-state index contributed by atoms with van der Waals surface area (Å²) in [6.45, 7) is 13.5. The van der Waals surface area contributed by atoms with Gasteiger partial charge < -0.3 is 5.32 Å². The summed E-state index contributed by atoms with van der Waals surface area (Å²) in [7, 11) is -3.62. The normalized spacial score (nSPS) is 12.6. The van der Waals surface area contributed by atoms with Crippen LogP contribution in [0.5, 0.6) is 0 Å². The number of benzene rings is 2. The van der Waals surface area contributed by atoms with Gasteiger partial charge in [-0.05, 0) is 81.8 Å². The van der Waals surface area contributed by atoms with Gasteiger partial charge in [-0.25, -0.2) is 8.42 Å². The van der Waals surface area contributed by atoms with Gasteiger partial charge in [-0.2, -0.15) is 0 Å². The molecule has 2 aromatic rings. The zero-order valence-corrected chi connectivity index (χ0v) is 19.5. The summed E-state index contributed by atoms with van der Waals surface area (Å²) < 4.78 is 26.2. The van der Waals surface area contributed by atoms with Crippen LogP contribution in [0.3, 0.4) is 0 Å². The number of sulfonamides is 1. The maximum Gasteiger partial charge on any atom is 0.241 e. The molecule has 6 heteroatoms. The predicted octanol–water partition coefficient (Wildman–Crippen LogP) is 4.18. The average molecular weight is 417 g/mol. The number of anilines is 1. The largest absolute Gasteiger partial charge is 0.348 e. The molecule has 0 aromatic heterocycles. The molecule has 2 rings (SSSR count).